The van der Waals surface area contributed by atoms with Crippen molar-refractivity contribution in [3.8, 4) is 0 Å². The van der Waals surface area contributed by atoms with E-state index in [2.05, 4.69) is 30.3 Å². The molecule has 2 unspecified atom stereocenters. The SMILES string of the molecule is NC1CN(C(=O)Cc2ccc3c(c2)COCC3)CC1c1ccccc1. The van der Waals surface area contributed by atoms with Crippen LogP contribution in [0.2, 0.25) is 0 Å². The zero-order valence-electron chi connectivity index (χ0n) is 14.4. The van der Waals surface area contributed by atoms with E-state index in [-0.39, 0.29) is 17.9 Å². The van der Waals surface area contributed by atoms with E-state index in [1.165, 1.54) is 16.7 Å². The molecule has 0 radical (unpaired) electrons. The number of rotatable bonds is 3. The van der Waals surface area contributed by atoms with Crippen molar-refractivity contribution in [2.24, 2.45) is 5.73 Å². The van der Waals surface area contributed by atoms with Crippen molar-refractivity contribution in [1.29, 1.82) is 0 Å². The minimum absolute atomic E-state index is 0.00304. The summed E-state index contributed by atoms with van der Waals surface area (Å²) < 4.78 is 5.52. The lowest BCUT2D eigenvalue weighted by Gasteiger charge is -2.19. The minimum Gasteiger partial charge on any atom is -0.376 e. The van der Waals surface area contributed by atoms with Crippen molar-refractivity contribution in [3.05, 3.63) is 70.8 Å². The molecule has 2 N–H and O–H groups in total. The van der Waals surface area contributed by atoms with E-state index in [0.29, 0.717) is 26.1 Å². The molecule has 2 aliphatic rings. The van der Waals surface area contributed by atoms with Crippen molar-refractivity contribution in [2.75, 3.05) is 19.7 Å². The molecule has 2 atom stereocenters. The van der Waals surface area contributed by atoms with E-state index in [4.69, 9.17) is 10.5 Å². The predicted octanol–water partition coefficient (Wildman–Crippen LogP) is 2.26. The van der Waals surface area contributed by atoms with Gasteiger partial charge in [-0.3, -0.25) is 4.79 Å². The van der Waals surface area contributed by atoms with Crippen LogP contribution in [0.25, 0.3) is 0 Å². The number of nitrogens with zero attached hydrogens (tertiary/aromatic N) is 1. The van der Waals surface area contributed by atoms with E-state index in [0.717, 1.165) is 18.6 Å². The zero-order chi connectivity index (χ0) is 17.2. The number of carbonyl (C=O) groups is 1. The summed E-state index contributed by atoms with van der Waals surface area (Å²) in [5.41, 5.74) is 11.2. The molecule has 2 aliphatic heterocycles. The number of amides is 1. The van der Waals surface area contributed by atoms with Crippen LogP contribution in [0.5, 0.6) is 0 Å². The minimum atomic E-state index is 0.00304. The Balaban J connectivity index is 1.43. The Kier molecular flexibility index (Phi) is 4.55. The van der Waals surface area contributed by atoms with Gasteiger partial charge in [-0.2, -0.15) is 0 Å². The van der Waals surface area contributed by atoms with Crippen molar-refractivity contribution in [1.82, 2.24) is 4.90 Å². The first-order valence-electron chi connectivity index (χ1n) is 8.97. The summed E-state index contributed by atoms with van der Waals surface area (Å²) in [7, 11) is 0. The Morgan fingerprint density at radius 2 is 1.96 bits per heavy atom. The van der Waals surface area contributed by atoms with Crippen LogP contribution in [-0.4, -0.2) is 36.5 Å². The summed E-state index contributed by atoms with van der Waals surface area (Å²) in [6, 6.07) is 16.6. The molecule has 2 aromatic rings. The number of benzene rings is 2. The maximum atomic E-state index is 12.7. The molecule has 0 aliphatic carbocycles. The largest absolute Gasteiger partial charge is 0.376 e. The van der Waals surface area contributed by atoms with E-state index < -0.39 is 0 Å². The van der Waals surface area contributed by atoms with E-state index in [9.17, 15) is 4.79 Å². The Bertz CT molecular complexity index is 760. The van der Waals surface area contributed by atoms with Gasteiger partial charge in [-0.1, -0.05) is 48.5 Å². The lowest BCUT2D eigenvalue weighted by atomic mass is 9.95. The Morgan fingerprint density at radius 1 is 1.12 bits per heavy atom. The fraction of sp³-hybridized carbons (Fsp3) is 0.381. The number of hydrogen-bond donors (Lipinski definition) is 1. The molecule has 1 saturated heterocycles. The number of ether oxygens (including phenoxy) is 1. The fourth-order valence-corrected chi connectivity index (χ4v) is 3.90. The molecular weight excluding hydrogens is 312 g/mol. The molecule has 4 heteroatoms. The molecule has 1 fully saturated rings. The van der Waals surface area contributed by atoms with Crippen molar-refractivity contribution in [2.45, 2.75) is 31.4 Å². The van der Waals surface area contributed by atoms with Crippen LogP contribution in [-0.2, 0) is 29.0 Å². The highest BCUT2D eigenvalue weighted by Crippen LogP contribution is 2.27. The molecular formula is C21H24N2O2. The number of hydrogen-bond acceptors (Lipinski definition) is 3. The second-order valence-electron chi connectivity index (χ2n) is 7.06. The quantitative estimate of drug-likeness (QED) is 0.935. The maximum absolute atomic E-state index is 12.7. The van der Waals surface area contributed by atoms with Gasteiger partial charge in [-0.05, 0) is 28.7 Å². The molecule has 1 amide bonds. The fourth-order valence-electron chi connectivity index (χ4n) is 3.90. The van der Waals surface area contributed by atoms with Gasteiger partial charge in [0.2, 0.25) is 5.91 Å². The van der Waals surface area contributed by atoms with Crippen LogP contribution in [0.1, 0.15) is 28.2 Å². The molecule has 130 valence electrons. The summed E-state index contributed by atoms with van der Waals surface area (Å²) in [6.07, 6.45) is 1.39. The molecule has 0 bridgehead atoms. The number of fused-ring (bicyclic) bond motifs is 1. The molecule has 25 heavy (non-hydrogen) atoms. The van der Waals surface area contributed by atoms with Gasteiger partial charge in [-0.25, -0.2) is 0 Å². The van der Waals surface area contributed by atoms with Gasteiger partial charge >= 0.3 is 0 Å². The lowest BCUT2D eigenvalue weighted by molar-refractivity contribution is -0.129. The number of likely N-dealkylation sites (tertiary alicyclic amines) is 1. The summed E-state index contributed by atoms with van der Waals surface area (Å²) in [6.45, 7) is 2.78. The van der Waals surface area contributed by atoms with Crippen LogP contribution in [0, 0.1) is 0 Å². The highest BCUT2D eigenvalue weighted by molar-refractivity contribution is 5.79. The van der Waals surface area contributed by atoms with Crippen molar-refractivity contribution in [3.63, 3.8) is 0 Å². The normalized spacial score (nSPS) is 22.7. The first kappa shape index (κ1) is 16.3. The van der Waals surface area contributed by atoms with Gasteiger partial charge in [0.1, 0.15) is 0 Å². The molecule has 0 aromatic heterocycles. The third-order valence-electron chi connectivity index (χ3n) is 5.34. The Hall–Kier alpha value is -2.17. The second-order valence-corrected chi connectivity index (χ2v) is 7.06. The van der Waals surface area contributed by atoms with Crippen LogP contribution in [0.4, 0.5) is 0 Å². The average Bonchev–Trinajstić information content (AvgIpc) is 3.04. The molecule has 0 spiro atoms. The van der Waals surface area contributed by atoms with Crippen LogP contribution in [0.15, 0.2) is 48.5 Å². The monoisotopic (exact) mass is 336 g/mol. The summed E-state index contributed by atoms with van der Waals surface area (Å²) in [4.78, 5) is 14.7. The summed E-state index contributed by atoms with van der Waals surface area (Å²) in [5.74, 6) is 0.382. The van der Waals surface area contributed by atoms with E-state index in [1.54, 1.807) is 0 Å². The number of carbonyl (C=O) groups excluding carboxylic acids is 1. The summed E-state index contributed by atoms with van der Waals surface area (Å²) >= 11 is 0. The van der Waals surface area contributed by atoms with Crippen LogP contribution < -0.4 is 5.73 Å². The molecule has 4 nitrogen and oxygen atoms in total. The predicted molar refractivity (Wildman–Crippen MR) is 97.2 cm³/mol. The van der Waals surface area contributed by atoms with E-state index >= 15 is 0 Å². The van der Waals surface area contributed by atoms with E-state index in [1.807, 2.05) is 23.1 Å². The molecule has 2 heterocycles. The maximum Gasteiger partial charge on any atom is 0.227 e. The van der Waals surface area contributed by atoms with Gasteiger partial charge in [0.15, 0.2) is 0 Å². The van der Waals surface area contributed by atoms with Gasteiger partial charge in [-0.15, -0.1) is 0 Å². The van der Waals surface area contributed by atoms with Gasteiger partial charge in [0.05, 0.1) is 19.6 Å². The van der Waals surface area contributed by atoms with Gasteiger partial charge in [0.25, 0.3) is 0 Å². The number of nitrogens with two attached hydrogens (primary N) is 1. The van der Waals surface area contributed by atoms with Crippen molar-refractivity contribution < 1.29 is 9.53 Å². The van der Waals surface area contributed by atoms with Crippen LogP contribution >= 0.6 is 0 Å². The van der Waals surface area contributed by atoms with Gasteiger partial charge in [0, 0.05) is 25.0 Å². The Morgan fingerprint density at radius 3 is 2.80 bits per heavy atom. The first-order valence-corrected chi connectivity index (χ1v) is 8.97. The lowest BCUT2D eigenvalue weighted by Crippen LogP contribution is -2.33. The highest BCUT2D eigenvalue weighted by atomic mass is 16.5. The average molecular weight is 336 g/mol. The first-order chi connectivity index (χ1) is 12.2. The molecule has 4 rings (SSSR count). The van der Waals surface area contributed by atoms with Crippen molar-refractivity contribution >= 4 is 5.91 Å². The third-order valence-corrected chi connectivity index (χ3v) is 5.34. The summed E-state index contributed by atoms with van der Waals surface area (Å²) in [5, 5.41) is 0. The van der Waals surface area contributed by atoms with Gasteiger partial charge < -0.3 is 15.4 Å². The third kappa shape index (κ3) is 3.46. The molecule has 2 aromatic carbocycles. The second kappa shape index (κ2) is 6.98. The van der Waals surface area contributed by atoms with Crippen LogP contribution in [0.3, 0.4) is 0 Å². The zero-order valence-corrected chi connectivity index (χ0v) is 14.4. The highest BCUT2D eigenvalue weighted by Gasteiger charge is 2.33. The smallest absolute Gasteiger partial charge is 0.227 e. The topological polar surface area (TPSA) is 55.6 Å². The standard InChI is InChI=1S/C21H24N2O2/c22-20-13-23(12-19(20)17-4-2-1-3-5-17)21(24)11-15-6-7-16-8-9-25-14-18(16)10-15/h1-7,10,19-20H,8-9,11-14,22H2. The molecule has 0 saturated carbocycles. The Labute approximate surface area is 148 Å².